The smallest absolute Gasteiger partial charge is 0.306 e. The fourth-order valence-electron chi connectivity index (χ4n) is 2.84. The molecule has 0 aliphatic carbocycles. The number of hydrogen-bond acceptors (Lipinski definition) is 4. The molecule has 8 nitrogen and oxygen atoms in total. The van der Waals surface area contributed by atoms with Crippen LogP contribution in [0, 0.1) is 11.3 Å². The lowest BCUT2D eigenvalue weighted by atomic mass is 9.96. The van der Waals surface area contributed by atoms with Gasteiger partial charge < -0.3 is 20.6 Å². The van der Waals surface area contributed by atoms with Crippen molar-refractivity contribution in [3.8, 4) is 0 Å². The first kappa shape index (κ1) is 21.4. The van der Waals surface area contributed by atoms with E-state index in [0.717, 1.165) is 0 Å². The highest BCUT2D eigenvalue weighted by molar-refractivity contribution is 5.97. The van der Waals surface area contributed by atoms with E-state index in [0.29, 0.717) is 37.2 Å². The molecule has 1 aliphatic heterocycles. The van der Waals surface area contributed by atoms with Crippen LogP contribution in [-0.4, -0.2) is 53.3 Å². The van der Waals surface area contributed by atoms with Gasteiger partial charge in [-0.25, -0.2) is 0 Å². The molecular weight excluding hydrogens is 362 g/mol. The molecule has 8 heteroatoms. The molecule has 1 aliphatic rings. The van der Waals surface area contributed by atoms with Crippen LogP contribution in [0.3, 0.4) is 0 Å². The van der Waals surface area contributed by atoms with Crippen molar-refractivity contribution in [1.82, 2.24) is 10.2 Å². The number of amides is 3. The van der Waals surface area contributed by atoms with Gasteiger partial charge >= 0.3 is 5.97 Å². The number of aliphatic carboxylic acids is 1. The van der Waals surface area contributed by atoms with Crippen LogP contribution in [0.4, 0.5) is 5.69 Å². The van der Waals surface area contributed by atoms with Crippen LogP contribution in [0.2, 0.25) is 0 Å². The predicted molar refractivity (Wildman–Crippen MR) is 104 cm³/mol. The van der Waals surface area contributed by atoms with Crippen LogP contribution < -0.4 is 10.6 Å². The number of nitrogens with one attached hydrogen (secondary N) is 2. The van der Waals surface area contributed by atoms with Crippen molar-refractivity contribution in [2.75, 3.05) is 25.0 Å². The maximum absolute atomic E-state index is 12.5. The second-order valence-corrected chi connectivity index (χ2v) is 7.96. The average molecular weight is 389 g/mol. The number of rotatable bonds is 5. The van der Waals surface area contributed by atoms with Crippen LogP contribution in [0.1, 0.15) is 44.0 Å². The van der Waals surface area contributed by atoms with Crippen molar-refractivity contribution in [2.24, 2.45) is 11.3 Å². The number of carboxylic acid groups (broad SMARTS) is 1. The van der Waals surface area contributed by atoms with Crippen molar-refractivity contribution in [3.63, 3.8) is 0 Å². The summed E-state index contributed by atoms with van der Waals surface area (Å²) in [6.45, 7) is 6.00. The zero-order valence-electron chi connectivity index (χ0n) is 16.4. The lowest BCUT2D eigenvalue weighted by molar-refractivity contribution is -0.143. The third-order valence-electron chi connectivity index (χ3n) is 4.64. The Labute approximate surface area is 164 Å². The molecule has 2 rings (SSSR count). The van der Waals surface area contributed by atoms with Crippen LogP contribution in [-0.2, 0) is 14.4 Å². The zero-order chi connectivity index (χ0) is 20.9. The highest BCUT2D eigenvalue weighted by Gasteiger charge is 2.27. The molecule has 3 N–H and O–H groups in total. The lowest BCUT2D eigenvalue weighted by Gasteiger charge is -2.30. The molecule has 0 saturated carbocycles. The summed E-state index contributed by atoms with van der Waals surface area (Å²) in [5.41, 5.74) is 0.435. The molecule has 3 amide bonds. The van der Waals surface area contributed by atoms with Crippen LogP contribution in [0.5, 0.6) is 0 Å². The van der Waals surface area contributed by atoms with Crippen molar-refractivity contribution in [2.45, 2.75) is 33.6 Å². The minimum absolute atomic E-state index is 0.130. The normalized spacial score (nSPS) is 15.0. The maximum Gasteiger partial charge on any atom is 0.306 e. The van der Waals surface area contributed by atoms with Gasteiger partial charge in [0, 0.05) is 29.8 Å². The highest BCUT2D eigenvalue weighted by Crippen LogP contribution is 2.20. The third kappa shape index (κ3) is 5.80. The summed E-state index contributed by atoms with van der Waals surface area (Å²) in [5, 5.41) is 14.3. The summed E-state index contributed by atoms with van der Waals surface area (Å²) in [6.07, 6.45) is 0.908. The van der Waals surface area contributed by atoms with Crippen molar-refractivity contribution >= 4 is 29.4 Å². The second kappa shape index (κ2) is 8.86. The molecule has 0 aromatic heterocycles. The third-order valence-corrected chi connectivity index (χ3v) is 4.64. The monoisotopic (exact) mass is 389 g/mol. The molecule has 0 unspecified atom stereocenters. The van der Waals surface area contributed by atoms with E-state index in [1.165, 1.54) is 0 Å². The number of piperidine rings is 1. The minimum Gasteiger partial charge on any atom is -0.481 e. The Morgan fingerprint density at radius 3 is 2.14 bits per heavy atom. The van der Waals surface area contributed by atoms with Crippen molar-refractivity contribution in [1.29, 1.82) is 0 Å². The van der Waals surface area contributed by atoms with Gasteiger partial charge in [0.05, 0.1) is 12.5 Å². The molecule has 1 aromatic rings. The number of benzene rings is 1. The number of anilines is 1. The number of hydrogen-bond donors (Lipinski definition) is 3. The van der Waals surface area contributed by atoms with E-state index >= 15 is 0 Å². The Kier molecular flexibility index (Phi) is 6.77. The Balaban J connectivity index is 1.86. The quantitative estimate of drug-likeness (QED) is 0.709. The van der Waals surface area contributed by atoms with Gasteiger partial charge in [0.2, 0.25) is 11.8 Å². The predicted octanol–water partition coefficient (Wildman–Crippen LogP) is 1.72. The molecular formula is C20H27N3O5. The molecule has 1 aromatic carbocycles. The number of likely N-dealkylation sites (tertiary alicyclic amines) is 1. The summed E-state index contributed by atoms with van der Waals surface area (Å²) in [6, 6.07) is 6.49. The minimum atomic E-state index is -0.814. The molecule has 0 atom stereocenters. The van der Waals surface area contributed by atoms with Crippen LogP contribution >= 0.6 is 0 Å². The summed E-state index contributed by atoms with van der Waals surface area (Å²) in [5.74, 6) is -1.92. The van der Waals surface area contributed by atoms with E-state index in [9.17, 15) is 19.2 Å². The van der Waals surface area contributed by atoms with E-state index in [2.05, 4.69) is 10.6 Å². The van der Waals surface area contributed by atoms with Crippen LogP contribution in [0.25, 0.3) is 0 Å². The molecule has 152 valence electrons. The Bertz CT molecular complexity index is 744. The fraction of sp³-hybridized carbons (Fsp3) is 0.500. The number of carbonyl (C=O) groups is 4. The largest absolute Gasteiger partial charge is 0.481 e. The zero-order valence-corrected chi connectivity index (χ0v) is 16.4. The van der Waals surface area contributed by atoms with Gasteiger partial charge in [0.25, 0.3) is 5.91 Å². The summed E-state index contributed by atoms with van der Waals surface area (Å²) < 4.78 is 0. The molecule has 28 heavy (non-hydrogen) atoms. The number of carboxylic acids is 1. The fourth-order valence-corrected chi connectivity index (χ4v) is 2.84. The first-order valence-electron chi connectivity index (χ1n) is 9.28. The van der Waals surface area contributed by atoms with E-state index in [1.807, 2.05) is 0 Å². The van der Waals surface area contributed by atoms with Gasteiger partial charge in [0.15, 0.2) is 0 Å². The van der Waals surface area contributed by atoms with E-state index in [1.54, 1.807) is 49.9 Å². The number of carbonyl (C=O) groups excluding carboxylic acids is 3. The van der Waals surface area contributed by atoms with Crippen molar-refractivity contribution in [3.05, 3.63) is 29.8 Å². The highest BCUT2D eigenvalue weighted by atomic mass is 16.4. The molecule has 0 bridgehead atoms. The van der Waals surface area contributed by atoms with Gasteiger partial charge in [-0.05, 0) is 37.1 Å². The topological polar surface area (TPSA) is 116 Å². The summed E-state index contributed by atoms with van der Waals surface area (Å²) >= 11 is 0. The Morgan fingerprint density at radius 2 is 1.64 bits per heavy atom. The van der Waals surface area contributed by atoms with Crippen LogP contribution in [0.15, 0.2) is 24.3 Å². The van der Waals surface area contributed by atoms with Gasteiger partial charge in [-0.3, -0.25) is 19.2 Å². The van der Waals surface area contributed by atoms with E-state index in [-0.39, 0.29) is 30.2 Å². The second-order valence-electron chi connectivity index (χ2n) is 7.96. The first-order valence-corrected chi connectivity index (χ1v) is 9.28. The average Bonchev–Trinajstić information content (AvgIpc) is 2.65. The van der Waals surface area contributed by atoms with E-state index < -0.39 is 11.4 Å². The van der Waals surface area contributed by atoms with Gasteiger partial charge in [0.1, 0.15) is 0 Å². The van der Waals surface area contributed by atoms with Crippen molar-refractivity contribution < 1.29 is 24.3 Å². The molecule has 0 radical (unpaired) electrons. The standard InChI is InChI=1S/C20H27N3O5/c1-20(2,3)19(28)21-12-16(24)22-15-6-4-13(5-7-15)17(25)23-10-8-14(9-11-23)18(26)27/h4-7,14H,8-12H2,1-3H3,(H,21,28)(H,22,24)(H,26,27). The van der Waals surface area contributed by atoms with Gasteiger partial charge in [-0.1, -0.05) is 20.8 Å². The molecule has 1 heterocycles. The van der Waals surface area contributed by atoms with Gasteiger partial charge in [-0.2, -0.15) is 0 Å². The lowest BCUT2D eigenvalue weighted by Crippen LogP contribution is -2.40. The van der Waals surface area contributed by atoms with Gasteiger partial charge in [-0.15, -0.1) is 0 Å². The summed E-state index contributed by atoms with van der Waals surface area (Å²) in [7, 11) is 0. The number of nitrogens with zero attached hydrogens (tertiary/aromatic N) is 1. The Morgan fingerprint density at radius 1 is 1.07 bits per heavy atom. The first-order chi connectivity index (χ1) is 13.1. The Hall–Kier alpha value is -2.90. The maximum atomic E-state index is 12.5. The SMILES string of the molecule is CC(C)(C)C(=O)NCC(=O)Nc1ccc(C(=O)N2CCC(C(=O)O)CC2)cc1. The molecule has 0 spiro atoms. The van der Waals surface area contributed by atoms with E-state index in [4.69, 9.17) is 5.11 Å². The summed E-state index contributed by atoms with van der Waals surface area (Å²) in [4.78, 5) is 48.9. The molecule has 1 fully saturated rings. The molecule has 1 saturated heterocycles.